The SMILES string of the molecule is O=c1oc(/C=C/c2cccs2)nc2ccccc12. The third-order valence-electron chi connectivity index (χ3n) is 2.49. The van der Waals surface area contributed by atoms with Gasteiger partial charge >= 0.3 is 5.63 Å². The van der Waals surface area contributed by atoms with Crippen molar-refractivity contribution in [2.24, 2.45) is 0 Å². The topological polar surface area (TPSA) is 43.1 Å². The Morgan fingerprint density at radius 1 is 1.11 bits per heavy atom. The molecule has 3 aromatic rings. The fourth-order valence-electron chi connectivity index (χ4n) is 1.65. The molecule has 2 aromatic heterocycles. The van der Waals surface area contributed by atoms with Gasteiger partial charge in [-0.1, -0.05) is 18.2 Å². The molecule has 0 aliphatic rings. The molecule has 2 heterocycles. The maximum absolute atomic E-state index is 11.7. The molecule has 3 nitrogen and oxygen atoms in total. The Morgan fingerprint density at radius 2 is 2.00 bits per heavy atom. The summed E-state index contributed by atoms with van der Waals surface area (Å²) in [6.45, 7) is 0. The van der Waals surface area contributed by atoms with Crippen LogP contribution < -0.4 is 5.63 Å². The lowest BCUT2D eigenvalue weighted by Crippen LogP contribution is -2.02. The first kappa shape index (κ1) is 10.9. The molecule has 4 heteroatoms. The van der Waals surface area contributed by atoms with Gasteiger partial charge in [-0.05, 0) is 29.7 Å². The molecule has 88 valence electrons. The van der Waals surface area contributed by atoms with Crippen molar-refractivity contribution in [1.82, 2.24) is 4.98 Å². The molecule has 0 saturated heterocycles. The molecule has 0 N–H and O–H groups in total. The van der Waals surface area contributed by atoms with Gasteiger partial charge in [0.05, 0.1) is 10.9 Å². The van der Waals surface area contributed by atoms with Gasteiger partial charge in [0, 0.05) is 11.0 Å². The summed E-state index contributed by atoms with van der Waals surface area (Å²) in [6, 6.07) is 11.1. The van der Waals surface area contributed by atoms with Crippen LogP contribution in [-0.4, -0.2) is 4.98 Å². The highest BCUT2D eigenvalue weighted by atomic mass is 32.1. The highest BCUT2D eigenvalue weighted by Crippen LogP contribution is 2.13. The van der Waals surface area contributed by atoms with Gasteiger partial charge in [-0.2, -0.15) is 0 Å². The maximum Gasteiger partial charge on any atom is 0.347 e. The summed E-state index contributed by atoms with van der Waals surface area (Å²) in [7, 11) is 0. The number of hydrogen-bond acceptors (Lipinski definition) is 4. The Labute approximate surface area is 107 Å². The molecular weight excluding hydrogens is 246 g/mol. The Hall–Kier alpha value is -2.20. The Bertz CT molecular complexity index is 757. The summed E-state index contributed by atoms with van der Waals surface area (Å²) >= 11 is 1.62. The number of fused-ring (bicyclic) bond motifs is 1. The molecule has 0 radical (unpaired) electrons. The van der Waals surface area contributed by atoms with E-state index in [4.69, 9.17) is 4.42 Å². The molecule has 0 atom stereocenters. The first-order chi connectivity index (χ1) is 8.83. The summed E-state index contributed by atoms with van der Waals surface area (Å²) < 4.78 is 5.14. The number of aromatic nitrogens is 1. The summed E-state index contributed by atoms with van der Waals surface area (Å²) in [5.41, 5.74) is 0.297. The number of thiophene rings is 1. The van der Waals surface area contributed by atoms with Crippen LogP contribution in [0.1, 0.15) is 10.8 Å². The quantitative estimate of drug-likeness (QED) is 0.704. The van der Waals surface area contributed by atoms with E-state index >= 15 is 0 Å². The summed E-state index contributed by atoms with van der Waals surface area (Å²) in [5, 5.41) is 2.50. The van der Waals surface area contributed by atoms with E-state index in [-0.39, 0.29) is 5.63 Å². The molecule has 0 amide bonds. The van der Waals surface area contributed by atoms with Gasteiger partial charge in [-0.25, -0.2) is 9.78 Å². The lowest BCUT2D eigenvalue weighted by Gasteiger charge is -1.96. The van der Waals surface area contributed by atoms with Crippen molar-refractivity contribution in [1.29, 1.82) is 0 Å². The van der Waals surface area contributed by atoms with Crippen molar-refractivity contribution in [2.75, 3.05) is 0 Å². The Kier molecular flexibility index (Phi) is 2.78. The number of nitrogens with zero attached hydrogens (tertiary/aromatic N) is 1. The van der Waals surface area contributed by atoms with E-state index in [2.05, 4.69) is 4.98 Å². The minimum absolute atomic E-state index is 0.326. The van der Waals surface area contributed by atoms with Crippen LogP contribution in [0.3, 0.4) is 0 Å². The number of rotatable bonds is 2. The van der Waals surface area contributed by atoms with Gasteiger partial charge in [0.2, 0.25) is 5.89 Å². The van der Waals surface area contributed by atoms with Crippen molar-refractivity contribution in [3.05, 3.63) is 63.0 Å². The van der Waals surface area contributed by atoms with Crippen molar-refractivity contribution < 1.29 is 4.42 Å². The highest BCUT2D eigenvalue weighted by molar-refractivity contribution is 7.10. The summed E-state index contributed by atoms with van der Waals surface area (Å²) in [6.07, 6.45) is 3.59. The molecule has 0 aliphatic heterocycles. The van der Waals surface area contributed by atoms with Crippen LogP contribution in [0.2, 0.25) is 0 Å². The number of para-hydroxylation sites is 1. The predicted molar refractivity (Wildman–Crippen MR) is 73.5 cm³/mol. The zero-order chi connectivity index (χ0) is 12.4. The van der Waals surface area contributed by atoms with E-state index in [1.54, 1.807) is 35.6 Å². The van der Waals surface area contributed by atoms with Crippen LogP contribution in [0.15, 0.2) is 51.0 Å². The highest BCUT2D eigenvalue weighted by Gasteiger charge is 2.02. The van der Waals surface area contributed by atoms with Gasteiger partial charge in [-0.15, -0.1) is 11.3 Å². The molecule has 0 spiro atoms. The summed E-state index contributed by atoms with van der Waals surface area (Å²) in [5.74, 6) is 0.326. The van der Waals surface area contributed by atoms with E-state index in [9.17, 15) is 4.79 Å². The Morgan fingerprint density at radius 3 is 2.83 bits per heavy atom. The lowest BCUT2D eigenvalue weighted by molar-refractivity contribution is 0.491. The van der Waals surface area contributed by atoms with Crippen molar-refractivity contribution in [2.45, 2.75) is 0 Å². The van der Waals surface area contributed by atoms with Crippen molar-refractivity contribution in [3.63, 3.8) is 0 Å². The minimum atomic E-state index is -0.355. The van der Waals surface area contributed by atoms with E-state index in [0.29, 0.717) is 16.8 Å². The van der Waals surface area contributed by atoms with Crippen LogP contribution in [0, 0.1) is 0 Å². The van der Waals surface area contributed by atoms with Gasteiger partial charge in [0.25, 0.3) is 0 Å². The standard InChI is InChI=1S/C14H9NO2S/c16-14-11-5-1-2-6-12(11)15-13(17-14)8-7-10-4-3-9-18-10/h1-9H/b8-7+. The second-order valence-corrected chi connectivity index (χ2v) is 4.68. The molecule has 0 unspecified atom stereocenters. The molecular formula is C14H9NO2S. The fourth-order valence-corrected chi connectivity index (χ4v) is 2.26. The number of hydrogen-bond donors (Lipinski definition) is 0. The molecule has 0 aliphatic carbocycles. The van der Waals surface area contributed by atoms with E-state index in [1.807, 2.05) is 29.7 Å². The maximum atomic E-state index is 11.7. The molecule has 3 rings (SSSR count). The molecule has 18 heavy (non-hydrogen) atoms. The third kappa shape index (κ3) is 2.10. The zero-order valence-electron chi connectivity index (χ0n) is 9.37. The molecule has 0 bridgehead atoms. The van der Waals surface area contributed by atoms with Crippen LogP contribution in [0.25, 0.3) is 23.1 Å². The molecule has 0 saturated carbocycles. The average Bonchev–Trinajstić information content (AvgIpc) is 2.90. The lowest BCUT2D eigenvalue weighted by atomic mass is 10.2. The smallest absolute Gasteiger partial charge is 0.347 e. The largest absolute Gasteiger partial charge is 0.404 e. The first-order valence-electron chi connectivity index (χ1n) is 5.44. The molecule has 0 fully saturated rings. The first-order valence-corrected chi connectivity index (χ1v) is 6.32. The van der Waals surface area contributed by atoms with E-state index in [0.717, 1.165) is 4.88 Å². The second kappa shape index (κ2) is 4.58. The Balaban J connectivity index is 2.06. The van der Waals surface area contributed by atoms with Gasteiger partial charge in [0.1, 0.15) is 0 Å². The van der Waals surface area contributed by atoms with Crippen LogP contribution >= 0.6 is 11.3 Å². The monoisotopic (exact) mass is 255 g/mol. The van der Waals surface area contributed by atoms with Crippen molar-refractivity contribution >= 4 is 34.4 Å². The zero-order valence-corrected chi connectivity index (χ0v) is 10.2. The average molecular weight is 255 g/mol. The van der Waals surface area contributed by atoms with E-state index < -0.39 is 0 Å². The van der Waals surface area contributed by atoms with Crippen LogP contribution in [0.4, 0.5) is 0 Å². The van der Waals surface area contributed by atoms with Crippen LogP contribution in [-0.2, 0) is 0 Å². The minimum Gasteiger partial charge on any atom is -0.404 e. The van der Waals surface area contributed by atoms with Gasteiger partial charge < -0.3 is 4.42 Å². The van der Waals surface area contributed by atoms with Gasteiger partial charge in [0.15, 0.2) is 0 Å². The predicted octanol–water partition coefficient (Wildman–Crippen LogP) is 3.42. The fraction of sp³-hybridized carbons (Fsp3) is 0. The van der Waals surface area contributed by atoms with Gasteiger partial charge in [-0.3, -0.25) is 0 Å². The summed E-state index contributed by atoms with van der Waals surface area (Å²) in [4.78, 5) is 17.1. The molecule has 1 aromatic carbocycles. The number of benzene rings is 1. The second-order valence-electron chi connectivity index (χ2n) is 3.71. The third-order valence-corrected chi connectivity index (χ3v) is 3.32. The van der Waals surface area contributed by atoms with Crippen molar-refractivity contribution in [3.8, 4) is 0 Å². The van der Waals surface area contributed by atoms with Crippen LogP contribution in [0.5, 0.6) is 0 Å². The van der Waals surface area contributed by atoms with E-state index in [1.165, 1.54) is 0 Å². The normalized spacial score (nSPS) is 11.3.